The van der Waals surface area contributed by atoms with E-state index in [2.05, 4.69) is 29.4 Å². The lowest BCUT2D eigenvalue weighted by Crippen LogP contribution is -2.19. The van der Waals surface area contributed by atoms with E-state index in [1.165, 1.54) is 21.6 Å². The van der Waals surface area contributed by atoms with Crippen molar-refractivity contribution in [3.63, 3.8) is 0 Å². The van der Waals surface area contributed by atoms with Gasteiger partial charge in [-0.3, -0.25) is 10.1 Å². The van der Waals surface area contributed by atoms with Gasteiger partial charge in [-0.1, -0.05) is 84.2 Å². The highest BCUT2D eigenvalue weighted by Crippen LogP contribution is 2.52. The van der Waals surface area contributed by atoms with Crippen molar-refractivity contribution in [1.29, 1.82) is 0 Å². The molecule has 7 heteroatoms. The van der Waals surface area contributed by atoms with Gasteiger partial charge in [0.2, 0.25) is 0 Å². The minimum Gasteiger partial charge on any atom is -0.299 e. The molecule has 2 aromatic rings. The summed E-state index contributed by atoms with van der Waals surface area (Å²) in [6, 6.07) is 19.8. The number of carbonyl (C=O) groups excluding carboxylic acids is 1. The third-order valence-corrected chi connectivity index (χ3v) is 8.00. The first-order chi connectivity index (χ1) is 13.6. The first-order valence-electron chi connectivity index (χ1n) is 8.65. The Bertz CT molecular complexity index is 984. The number of nitrogens with one attached hydrogen (secondary N) is 1. The van der Waals surface area contributed by atoms with E-state index in [4.69, 9.17) is 0 Å². The molecule has 0 aliphatic carbocycles. The second-order valence-corrected chi connectivity index (χ2v) is 9.78. The van der Waals surface area contributed by atoms with Crippen molar-refractivity contribution >= 4 is 52.1 Å². The Kier molecular flexibility index (Phi) is 5.75. The number of thioether (sulfide) groups is 3. The lowest BCUT2D eigenvalue weighted by molar-refractivity contribution is -0.115. The number of nitrogens with zero attached hydrogens (tertiary/aromatic N) is 2. The van der Waals surface area contributed by atoms with Gasteiger partial charge in [0.25, 0.3) is 5.91 Å². The van der Waals surface area contributed by atoms with E-state index in [0.29, 0.717) is 10.1 Å². The fraction of sp³-hybridized carbons (Fsp3) is 0.0952. The summed E-state index contributed by atoms with van der Waals surface area (Å²) in [5.41, 5.74) is 2.72. The largest absolute Gasteiger partial charge is 0.299 e. The van der Waals surface area contributed by atoms with Crippen LogP contribution in [0.1, 0.15) is 25.0 Å². The average Bonchev–Trinajstić information content (AvgIpc) is 3.25. The molecule has 4 rings (SSSR count). The maximum atomic E-state index is 12.4. The van der Waals surface area contributed by atoms with E-state index in [1.807, 2.05) is 60.7 Å². The maximum Gasteiger partial charge on any atom is 0.265 e. The SMILES string of the molecule is CC1=C(C)SC(=C2S/C(=N/N=C(c3ccccc3)c3ccccc3)NC2=O)S1. The summed E-state index contributed by atoms with van der Waals surface area (Å²) in [4.78, 5) is 15.6. The average molecular weight is 424 g/mol. The minimum absolute atomic E-state index is 0.113. The van der Waals surface area contributed by atoms with Crippen LogP contribution in [0.5, 0.6) is 0 Å². The molecule has 2 aliphatic rings. The molecule has 4 nitrogen and oxygen atoms in total. The van der Waals surface area contributed by atoms with Crippen LogP contribution in [-0.4, -0.2) is 16.8 Å². The van der Waals surface area contributed by atoms with Crippen LogP contribution in [0.4, 0.5) is 0 Å². The molecular formula is C21H17N3OS3. The molecule has 0 spiro atoms. The van der Waals surface area contributed by atoms with Crippen LogP contribution in [0, 0.1) is 0 Å². The van der Waals surface area contributed by atoms with Gasteiger partial charge in [0, 0.05) is 11.1 Å². The van der Waals surface area contributed by atoms with Gasteiger partial charge in [-0.2, -0.15) is 0 Å². The molecule has 1 fully saturated rings. The Hall–Kier alpha value is -2.22. The maximum absolute atomic E-state index is 12.4. The molecule has 0 radical (unpaired) electrons. The third kappa shape index (κ3) is 4.11. The van der Waals surface area contributed by atoms with Gasteiger partial charge in [-0.15, -0.1) is 10.2 Å². The van der Waals surface area contributed by atoms with Gasteiger partial charge in [0.05, 0.1) is 4.24 Å². The number of hydrogen-bond donors (Lipinski definition) is 1. The van der Waals surface area contributed by atoms with Gasteiger partial charge in [0.15, 0.2) is 5.17 Å². The Morgan fingerprint density at radius 3 is 1.89 bits per heavy atom. The topological polar surface area (TPSA) is 53.8 Å². The van der Waals surface area contributed by atoms with E-state index < -0.39 is 0 Å². The van der Waals surface area contributed by atoms with Gasteiger partial charge < -0.3 is 0 Å². The minimum atomic E-state index is -0.113. The molecule has 1 N–H and O–H groups in total. The predicted molar refractivity (Wildman–Crippen MR) is 122 cm³/mol. The quantitative estimate of drug-likeness (QED) is 0.399. The molecule has 0 unspecified atom stereocenters. The lowest BCUT2D eigenvalue weighted by atomic mass is 10.0. The Morgan fingerprint density at radius 1 is 0.821 bits per heavy atom. The van der Waals surface area contributed by atoms with E-state index in [0.717, 1.165) is 21.1 Å². The molecule has 1 amide bonds. The molecule has 2 heterocycles. The predicted octanol–water partition coefficient (Wildman–Crippen LogP) is 5.56. The summed E-state index contributed by atoms with van der Waals surface area (Å²) < 4.78 is 1.01. The Morgan fingerprint density at radius 2 is 1.36 bits per heavy atom. The van der Waals surface area contributed by atoms with Crippen LogP contribution in [0.3, 0.4) is 0 Å². The number of amidine groups is 1. The van der Waals surface area contributed by atoms with Gasteiger partial charge in [-0.05, 0) is 35.4 Å². The van der Waals surface area contributed by atoms with Gasteiger partial charge in [-0.25, -0.2) is 0 Å². The zero-order valence-corrected chi connectivity index (χ0v) is 17.8. The monoisotopic (exact) mass is 423 g/mol. The second-order valence-electron chi connectivity index (χ2n) is 6.08. The smallest absolute Gasteiger partial charge is 0.265 e. The zero-order valence-electron chi connectivity index (χ0n) is 15.3. The Labute approximate surface area is 176 Å². The van der Waals surface area contributed by atoms with Crippen LogP contribution in [0.2, 0.25) is 0 Å². The number of benzene rings is 2. The lowest BCUT2D eigenvalue weighted by Gasteiger charge is -2.05. The highest BCUT2D eigenvalue weighted by atomic mass is 32.2. The first kappa shape index (κ1) is 19.1. The van der Waals surface area contributed by atoms with E-state index >= 15 is 0 Å². The number of amides is 1. The summed E-state index contributed by atoms with van der Waals surface area (Å²) in [6.45, 7) is 4.15. The molecule has 2 aromatic carbocycles. The highest BCUT2D eigenvalue weighted by molar-refractivity contribution is 8.30. The molecule has 0 bridgehead atoms. The molecule has 0 atom stereocenters. The van der Waals surface area contributed by atoms with Crippen molar-refractivity contribution in [3.05, 3.63) is 90.7 Å². The van der Waals surface area contributed by atoms with Crippen LogP contribution in [0.15, 0.2) is 89.8 Å². The molecule has 0 aromatic heterocycles. The van der Waals surface area contributed by atoms with E-state index in [-0.39, 0.29) is 5.91 Å². The van der Waals surface area contributed by atoms with Crippen molar-refractivity contribution in [1.82, 2.24) is 5.32 Å². The molecule has 2 aliphatic heterocycles. The highest BCUT2D eigenvalue weighted by Gasteiger charge is 2.30. The zero-order chi connectivity index (χ0) is 19.5. The van der Waals surface area contributed by atoms with Crippen molar-refractivity contribution in [3.8, 4) is 0 Å². The van der Waals surface area contributed by atoms with E-state index in [1.54, 1.807) is 23.5 Å². The van der Waals surface area contributed by atoms with Crippen molar-refractivity contribution in [2.45, 2.75) is 13.8 Å². The number of allylic oxidation sites excluding steroid dienone is 2. The molecular weight excluding hydrogens is 406 g/mol. The van der Waals surface area contributed by atoms with Crippen LogP contribution in [0.25, 0.3) is 0 Å². The number of carbonyl (C=O) groups is 1. The van der Waals surface area contributed by atoms with Gasteiger partial charge in [0.1, 0.15) is 10.6 Å². The molecule has 140 valence electrons. The standard InChI is InChI=1S/C21H17N3OS3/c1-13-14(2)27-20(26-13)18-19(25)22-21(28-18)24-23-17(15-9-5-3-6-10-15)16-11-7-4-8-12-16/h3-12H,1-2H3,(H,22,24,25). The number of hydrogen-bond acceptors (Lipinski definition) is 6. The summed E-state index contributed by atoms with van der Waals surface area (Å²) in [5.74, 6) is -0.113. The summed E-state index contributed by atoms with van der Waals surface area (Å²) in [7, 11) is 0. The van der Waals surface area contributed by atoms with Gasteiger partial charge >= 0.3 is 0 Å². The molecule has 1 saturated heterocycles. The summed E-state index contributed by atoms with van der Waals surface area (Å²) in [6.07, 6.45) is 0. The first-order valence-corrected chi connectivity index (χ1v) is 11.1. The van der Waals surface area contributed by atoms with Crippen LogP contribution >= 0.6 is 35.3 Å². The number of rotatable bonds is 3. The van der Waals surface area contributed by atoms with Crippen molar-refractivity contribution < 1.29 is 4.79 Å². The second kappa shape index (κ2) is 8.43. The fourth-order valence-electron chi connectivity index (χ4n) is 2.61. The van der Waals surface area contributed by atoms with Crippen LogP contribution < -0.4 is 5.32 Å². The Balaban J connectivity index is 1.65. The summed E-state index contributed by atoms with van der Waals surface area (Å²) in [5, 5.41) is 12.2. The van der Waals surface area contributed by atoms with Crippen molar-refractivity contribution in [2.24, 2.45) is 10.2 Å². The van der Waals surface area contributed by atoms with Crippen molar-refractivity contribution in [2.75, 3.05) is 0 Å². The third-order valence-electron chi connectivity index (χ3n) is 4.13. The fourth-order valence-corrected chi connectivity index (χ4v) is 6.13. The summed E-state index contributed by atoms with van der Waals surface area (Å²) >= 11 is 4.64. The van der Waals surface area contributed by atoms with E-state index in [9.17, 15) is 4.79 Å². The molecule has 0 saturated carbocycles. The normalized spacial score (nSPS) is 18.1. The van der Waals surface area contributed by atoms with Crippen LogP contribution in [-0.2, 0) is 4.79 Å². The molecule has 28 heavy (non-hydrogen) atoms.